The molecule has 1 aromatic rings. The predicted molar refractivity (Wildman–Crippen MR) is 40.9 cm³/mol. The van der Waals surface area contributed by atoms with Gasteiger partial charge in [-0.05, 0) is 0 Å². The third-order valence-corrected chi connectivity index (χ3v) is 3.12. The zero-order chi connectivity index (χ0) is 10.1. The highest BCUT2D eigenvalue weighted by Crippen LogP contribution is 2.75. The lowest BCUT2D eigenvalue weighted by Gasteiger charge is -2.12. The molecule has 2 aliphatic heterocycles. The maximum absolute atomic E-state index is 11.4. The molecule has 0 atom stereocenters. The molecular weight excluding hydrogens is 215 g/mol. The van der Waals surface area contributed by atoms with E-state index in [2.05, 4.69) is 13.6 Å². The van der Waals surface area contributed by atoms with Gasteiger partial charge in [-0.2, -0.15) is 4.57 Å². The Labute approximate surface area is 76.7 Å². The first-order valence-electron chi connectivity index (χ1n) is 3.51. The van der Waals surface area contributed by atoms with E-state index in [1.165, 1.54) is 0 Å². The van der Waals surface area contributed by atoms with E-state index in [0.29, 0.717) is 0 Å². The number of hydrogen-bond donors (Lipinski definition) is 3. The molecule has 0 fully saturated rings. The smallest absolute Gasteiger partial charge is 0.502 e. The van der Waals surface area contributed by atoms with Gasteiger partial charge in [0.1, 0.15) is 0 Å². The fourth-order valence-corrected chi connectivity index (χ4v) is 2.58. The molecule has 0 aliphatic carbocycles. The molecule has 1 aromatic carbocycles. The lowest BCUT2D eigenvalue weighted by atomic mass is 10.2. The van der Waals surface area contributed by atoms with E-state index in [4.69, 9.17) is 5.11 Å². The van der Waals surface area contributed by atoms with E-state index < -0.39 is 25.1 Å². The van der Waals surface area contributed by atoms with Crippen molar-refractivity contribution in [2.75, 3.05) is 0 Å². The molecule has 3 rings (SSSR count). The number of phenols is 3. The van der Waals surface area contributed by atoms with Gasteiger partial charge in [0.05, 0.1) is 0 Å². The Morgan fingerprint density at radius 2 is 1.21 bits per heavy atom. The second-order valence-electron chi connectivity index (χ2n) is 2.75. The third-order valence-electron chi connectivity index (χ3n) is 1.90. The van der Waals surface area contributed by atoms with Crippen molar-refractivity contribution in [3.63, 3.8) is 0 Å². The van der Waals surface area contributed by atoms with Crippen LogP contribution in [0.2, 0.25) is 0 Å². The predicted octanol–water partition coefficient (Wildman–Crippen LogP) is 1.08. The summed E-state index contributed by atoms with van der Waals surface area (Å²) >= 11 is 0. The molecule has 0 amide bonds. The Balaban J connectivity index is 2.44. The topological polar surface area (TPSA) is 105 Å². The second kappa shape index (κ2) is 1.85. The first-order valence-corrected chi connectivity index (χ1v) is 4.97. The molecule has 0 radical (unpaired) electrons. The Hall–Kier alpha value is -1.75. The molecule has 14 heavy (non-hydrogen) atoms. The number of rotatable bonds is 0. The summed E-state index contributed by atoms with van der Waals surface area (Å²) in [6.45, 7) is 0. The molecule has 74 valence electrons. The summed E-state index contributed by atoms with van der Waals surface area (Å²) in [6, 6.07) is 0. The summed E-state index contributed by atoms with van der Waals surface area (Å²) in [4.78, 5) is 0. The van der Waals surface area contributed by atoms with Gasteiger partial charge in [-0.15, -0.1) is 0 Å². The summed E-state index contributed by atoms with van der Waals surface area (Å²) in [6.07, 6.45) is 0. The van der Waals surface area contributed by atoms with Crippen molar-refractivity contribution in [3.05, 3.63) is 0 Å². The molecule has 0 unspecified atom stereocenters. The minimum Gasteiger partial charge on any atom is -0.502 e. The van der Waals surface area contributed by atoms with Crippen molar-refractivity contribution in [3.8, 4) is 34.5 Å². The molecule has 0 spiro atoms. The van der Waals surface area contributed by atoms with Gasteiger partial charge in [0.2, 0.25) is 34.5 Å². The van der Waals surface area contributed by atoms with Gasteiger partial charge in [-0.1, -0.05) is 0 Å². The largest absolute Gasteiger partial charge is 0.647 e. The van der Waals surface area contributed by atoms with E-state index in [-0.39, 0.29) is 17.2 Å². The van der Waals surface area contributed by atoms with Crippen LogP contribution in [0.5, 0.6) is 34.5 Å². The molecule has 0 saturated heterocycles. The third kappa shape index (κ3) is 0.632. The van der Waals surface area contributed by atoms with Gasteiger partial charge in [0.25, 0.3) is 0 Å². The van der Waals surface area contributed by atoms with Gasteiger partial charge in [0.15, 0.2) is 0 Å². The van der Waals surface area contributed by atoms with Crippen LogP contribution >= 0.6 is 7.82 Å². The summed E-state index contributed by atoms with van der Waals surface area (Å²) in [5.41, 5.74) is 0. The fraction of sp³-hybridized carbons (Fsp3) is 0. The SMILES string of the molecule is O=P12Oc3c(O)c(O)c(O)c(c3O1)O2. The molecule has 7 nitrogen and oxygen atoms in total. The van der Waals surface area contributed by atoms with E-state index in [1.807, 2.05) is 0 Å². The zero-order valence-corrected chi connectivity index (χ0v) is 7.32. The normalized spacial score (nSPS) is 18.6. The van der Waals surface area contributed by atoms with Crippen molar-refractivity contribution in [2.45, 2.75) is 0 Å². The van der Waals surface area contributed by atoms with Crippen LogP contribution in [0.15, 0.2) is 0 Å². The minimum absolute atomic E-state index is 0.152. The first kappa shape index (κ1) is 7.64. The Morgan fingerprint density at radius 3 is 1.64 bits per heavy atom. The Bertz CT molecular complexity index is 470. The van der Waals surface area contributed by atoms with Gasteiger partial charge in [-0.25, -0.2) is 0 Å². The number of hydrogen-bond acceptors (Lipinski definition) is 7. The average Bonchev–Trinajstić information content (AvgIpc) is 2.65. The average molecular weight is 218 g/mol. The van der Waals surface area contributed by atoms with Gasteiger partial charge < -0.3 is 28.9 Å². The lowest BCUT2D eigenvalue weighted by Crippen LogP contribution is -1.97. The van der Waals surface area contributed by atoms with Gasteiger partial charge in [0, 0.05) is 0 Å². The van der Waals surface area contributed by atoms with Crippen LogP contribution in [-0.4, -0.2) is 15.3 Å². The van der Waals surface area contributed by atoms with Crippen LogP contribution in [0.25, 0.3) is 0 Å². The molecule has 8 heteroatoms. The number of aromatic hydroxyl groups is 3. The highest BCUT2D eigenvalue weighted by Gasteiger charge is 2.54. The highest BCUT2D eigenvalue weighted by atomic mass is 31.2. The number of phenolic OH excluding ortho intramolecular Hbond substituents is 3. The van der Waals surface area contributed by atoms with Crippen LogP contribution in [0.1, 0.15) is 0 Å². The lowest BCUT2D eigenvalue weighted by molar-refractivity contribution is 0.315. The zero-order valence-electron chi connectivity index (χ0n) is 6.42. The summed E-state index contributed by atoms with van der Waals surface area (Å²) in [5, 5.41) is 27.7. The van der Waals surface area contributed by atoms with Crippen molar-refractivity contribution >= 4 is 7.82 Å². The molecular formula is C6H3O7P. The van der Waals surface area contributed by atoms with Crippen LogP contribution in [0.4, 0.5) is 0 Å². The molecule has 0 saturated carbocycles. The van der Waals surface area contributed by atoms with Crippen molar-refractivity contribution < 1.29 is 33.5 Å². The standard InChI is InChI=1S/C6H3O7P/c7-1-2(8)4-6-5(3(1)9)12-14(10,11-4)13-6/h7-9H. The van der Waals surface area contributed by atoms with Crippen LogP contribution in [-0.2, 0) is 4.57 Å². The minimum atomic E-state index is -3.75. The first-order chi connectivity index (χ1) is 6.52. The quantitative estimate of drug-likeness (QED) is 0.441. The molecule has 2 heterocycles. The van der Waals surface area contributed by atoms with Crippen LogP contribution in [0, 0.1) is 0 Å². The monoisotopic (exact) mass is 218 g/mol. The summed E-state index contributed by atoms with van der Waals surface area (Å²) < 4.78 is 25.3. The van der Waals surface area contributed by atoms with E-state index in [0.717, 1.165) is 0 Å². The highest BCUT2D eigenvalue weighted by molar-refractivity contribution is 7.50. The molecule has 3 N–H and O–H groups in total. The van der Waals surface area contributed by atoms with E-state index >= 15 is 0 Å². The summed E-state index contributed by atoms with van der Waals surface area (Å²) in [5.74, 6) is -2.93. The molecule has 2 bridgehead atoms. The van der Waals surface area contributed by atoms with Crippen molar-refractivity contribution in [1.29, 1.82) is 0 Å². The van der Waals surface area contributed by atoms with Gasteiger partial charge in [-0.3, -0.25) is 0 Å². The maximum Gasteiger partial charge on any atom is 0.647 e. The number of phosphoric acid groups is 1. The van der Waals surface area contributed by atoms with E-state index in [1.54, 1.807) is 0 Å². The van der Waals surface area contributed by atoms with Crippen molar-refractivity contribution in [2.24, 2.45) is 0 Å². The Kier molecular flexibility index (Phi) is 1.01. The Morgan fingerprint density at radius 1 is 0.786 bits per heavy atom. The van der Waals surface area contributed by atoms with Crippen molar-refractivity contribution in [1.82, 2.24) is 0 Å². The number of phosphoric ester groups is 1. The number of fused-ring (bicyclic) bond motifs is 1. The molecule has 2 aliphatic rings. The van der Waals surface area contributed by atoms with Gasteiger partial charge >= 0.3 is 7.82 Å². The van der Waals surface area contributed by atoms with E-state index in [9.17, 15) is 14.8 Å². The molecule has 0 aromatic heterocycles. The fourth-order valence-electron chi connectivity index (χ4n) is 1.29. The summed E-state index contributed by atoms with van der Waals surface area (Å²) in [7, 11) is -3.75. The van der Waals surface area contributed by atoms with Crippen LogP contribution in [0.3, 0.4) is 0 Å². The maximum atomic E-state index is 11.4. The van der Waals surface area contributed by atoms with Crippen LogP contribution < -0.4 is 13.6 Å². The number of benzene rings is 1. The second-order valence-corrected chi connectivity index (χ2v) is 4.20.